The van der Waals surface area contributed by atoms with Gasteiger partial charge >= 0.3 is 5.97 Å². The Morgan fingerprint density at radius 2 is 2.16 bits per heavy atom. The second-order valence-electron chi connectivity index (χ2n) is 3.52. The SMILES string of the molecule is CCOC(=O)c1sc(-c2ccccn2)nc1OCC. The summed E-state index contributed by atoms with van der Waals surface area (Å²) in [6.45, 7) is 4.37. The van der Waals surface area contributed by atoms with E-state index < -0.39 is 5.97 Å². The van der Waals surface area contributed by atoms with Gasteiger partial charge in [0.25, 0.3) is 0 Å². The molecule has 0 atom stereocenters. The molecule has 0 spiro atoms. The summed E-state index contributed by atoms with van der Waals surface area (Å²) in [5.74, 6) is -0.0998. The van der Waals surface area contributed by atoms with Crippen LogP contribution in [0.4, 0.5) is 0 Å². The maximum absolute atomic E-state index is 11.8. The molecular formula is C13H14N2O3S. The number of esters is 1. The van der Waals surface area contributed by atoms with Crippen molar-refractivity contribution in [3.8, 4) is 16.6 Å². The average molecular weight is 278 g/mol. The van der Waals surface area contributed by atoms with Gasteiger partial charge in [-0.05, 0) is 26.0 Å². The van der Waals surface area contributed by atoms with Gasteiger partial charge in [-0.2, -0.15) is 4.98 Å². The summed E-state index contributed by atoms with van der Waals surface area (Å²) >= 11 is 1.23. The zero-order valence-electron chi connectivity index (χ0n) is 10.8. The van der Waals surface area contributed by atoms with Crippen molar-refractivity contribution in [2.75, 3.05) is 13.2 Å². The van der Waals surface area contributed by atoms with Crippen molar-refractivity contribution in [3.63, 3.8) is 0 Å². The fraction of sp³-hybridized carbons (Fsp3) is 0.308. The molecule has 0 radical (unpaired) electrons. The minimum Gasteiger partial charge on any atom is -0.477 e. The Bertz CT molecular complexity index is 554. The van der Waals surface area contributed by atoms with Gasteiger partial charge in [0.05, 0.1) is 18.9 Å². The maximum Gasteiger partial charge on any atom is 0.354 e. The molecule has 0 saturated carbocycles. The molecule has 19 heavy (non-hydrogen) atoms. The number of hydrogen-bond acceptors (Lipinski definition) is 6. The molecule has 2 heterocycles. The predicted octanol–water partition coefficient (Wildman–Crippen LogP) is 2.78. The second-order valence-corrected chi connectivity index (χ2v) is 4.52. The van der Waals surface area contributed by atoms with E-state index >= 15 is 0 Å². The standard InChI is InChI=1S/C13H14N2O3S/c1-3-17-11-10(13(16)18-4-2)19-12(15-11)9-7-5-6-8-14-9/h5-8H,3-4H2,1-2H3. The van der Waals surface area contributed by atoms with Crippen LogP contribution in [0.1, 0.15) is 23.5 Å². The summed E-state index contributed by atoms with van der Waals surface area (Å²) in [5.41, 5.74) is 0.712. The van der Waals surface area contributed by atoms with Crippen LogP contribution in [0.25, 0.3) is 10.7 Å². The highest BCUT2D eigenvalue weighted by atomic mass is 32.1. The van der Waals surface area contributed by atoms with Gasteiger partial charge < -0.3 is 9.47 Å². The van der Waals surface area contributed by atoms with Crippen LogP contribution in [0.2, 0.25) is 0 Å². The summed E-state index contributed by atoms with van der Waals surface area (Å²) in [5, 5.41) is 0.645. The fourth-order valence-electron chi connectivity index (χ4n) is 1.47. The van der Waals surface area contributed by atoms with Gasteiger partial charge in [-0.25, -0.2) is 4.79 Å². The molecule has 0 aliphatic heterocycles. The first-order valence-corrected chi connectivity index (χ1v) is 6.80. The molecule has 0 unspecified atom stereocenters. The Kier molecular flexibility index (Phi) is 4.46. The molecule has 2 aromatic rings. The highest BCUT2D eigenvalue weighted by Crippen LogP contribution is 2.32. The van der Waals surface area contributed by atoms with E-state index in [1.165, 1.54) is 11.3 Å². The van der Waals surface area contributed by atoms with Crippen LogP contribution in [0.15, 0.2) is 24.4 Å². The van der Waals surface area contributed by atoms with Gasteiger partial charge in [0.1, 0.15) is 5.01 Å². The molecule has 2 rings (SSSR count). The van der Waals surface area contributed by atoms with Crippen LogP contribution in [0.5, 0.6) is 5.88 Å². The zero-order valence-corrected chi connectivity index (χ0v) is 11.6. The van der Waals surface area contributed by atoms with Crippen LogP contribution < -0.4 is 4.74 Å². The average Bonchev–Trinajstić information content (AvgIpc) is 2.85. The van der Waals surface area contributed by atoms with E-state index in [-0.39, 0.29) is 0 Å². The minimum atomic E-state index is -0.411. The van der Waals surface area contributed by atoms with Gasteiger partial charge in [-0.15, -0.1) is 11.3 Å². The lowest BCUT2D eigenvalue weighted by Gasteiger charge is -2.01. The van der Waals surface area contributed by atoms with E-state index in [1.807, 2.05) is 25.1 Å². The maximum atomic E-state index is 11.8. The van der Waals surface area contributed by atoms with Crippen molar-refractivity contribution >= 4 is 17.3 Å². The molecule has 5 nitrogen and oxygen atoms in total. The third-order valence-corrected chi connectivity index (χ3v) is 3.26. The molecule has 0 aliphatic carbocycles. The Morgan fingerprint density at radius 1 is 1.32 bits per heavy atom. The Hall–Kier alpha value is -1.95. The first kappa shape index (κ1) is 13.5. The largest absolute Gasteiger partial charge is 0.477 e. The number of aromatic nitrogens is 2. The van der Waals surface area contributed by atoms with Crippen molar-refractivity contribution in [1.82, 2.24) is 9.97 Å². The van der Waals surface area contributed by atoms with E-state index in [9.17, 15) is 4.79 Å². The summed E-state index contributed by atoms with van der Waals surface area (Å²) in [6.07, 6.45) is 1.68. The van der Waals surface area contributed by atoms with Gasteiger partial charge in [0.2, 0.25) is 5.88 Å². The van der Waals surface area contributed by atoms with Crippen molar-refractivity contribution in [1.29, 1.82) is 0 Å². The van der Waals surface area contributed by atoms with Crippen molar-refractivity contribution in [2.45, 2.75) is 13.8 Å². The summed E-state index contributed by atoms with van der Waals surface area (Å²) in [4.78, 5) is 20.7. The Morgan fingerprint density at radius 3 is 2.79 bits per heavy atom. The second kappa shape index (κ2) is 6.29. The molecule has 0 aliphatic rings. The van der Waals surface area contributed by atoms with Crippen molar-refractivity contribution in [3.05, 3.63) is 29.3 Å². The van der Waals surface area contributed by atoms with Crippen LogP contribution in [-0.4, -0.2) is 29.2 Å². The number of pyridine rings is 1. The van der Waals surface area contributed by atoms with Crippen LogP contribution in [0.3, 0.4) is 0 Å². The quantitative estimate of drug-likeness (QED) is 0.787. The number of nitrogens with zero attached hydrogens (tertiary/aromatic N) is 2. The highest BCUT2D eigenvalue weighted by Gasteiger charge is 2.21. The van der Waals surface area contributed by atoms with Gasteiger partial charge in [0, 0.05) is 6.20 Å². The van der Waals surface area contributed by atoms with Crippen LogP contribution in [0, 0.1) is 0 Å². The first-order valence-electron chi connectivity index (χ1n) is 5.98. The molecule has 2 aromatic heterocycles. The number of ether oxygens (including phenoxy) is 2. The van der Waals surface area contributed by atoms with E-state index in [4.69, 9.17) is 9.47 Å². The number of carbonyl (C=O) groups excluding carboxylic acids is 1. The van der Waals surface area contributed by atoms with Gasteiger partial charge in [-0.1, -0.05) is 6.07 Å². The molecule has 0 aromatic carbocycles. The lowest BCUT2D eigenvalue weighted by molar-refractivity contribution is 0.0527. The number of rotatable bonds is 5. The first-order chi connectivity index (χ1) is 9.26. The lowest BCUT2D eigenvalue weighted by Crippen LogP contribution is -2.05. The highest BCUT2D eigenvalue weighted by molar-refractivity contribution is 7.17. The normalized spacial score (nSPS) is 10.2. The van der Waals surface area contributed by atoms with Crippen molar-refractivity contribution in [2.24, 2.45) is 0 Å². The Balaban J connectivity index is 2.37. The minimum absolute atomic E-state index is 0.312. The zero-order chi connectivity index (χ0) is 13.7. The summed E-state index contributed by atoms with van der Waals surface area (Å²) < 4.78 is 10.4. The van der Waals surface area contributed by atoms with E-state index in [2.05, 4.69) is 9.97 Å². The van der Waals surface area contributed by atoms with Crippen LogP contribution >= 0.6 is 11.3 Å². The van der Waals surface area contributed by atoms with E-state index in [0.717, 1.165) is 0 Å². The number of carbonyl (C=O) groups is 1. The Labute approximate surface area is 115 Å². The smallest absolute Gasteiger partial charge is 0.354 e. The topological polar surface area (TPSA) is 61.3 Å². The number of hydrogen-bond donors (Lipinski definition) is 0. The fourth-order valence-corrected chi connectivity index (χ4v) is 2.35. The van der Waals surface area contributed by atoms with Gasteiger partial charge in [0.15, 0.2) is 4.88 Å². The molecule has 0 fully saturated rings. The molecule has 0 N–H and O–H groups in total. The third-order valence-electron chi connectivity index (χ3n) is 2.22. The predicted molar refractivity (Wildman–Crippen MR) is 72.5 cm³/mol. The van der Waals surface area contributed by atoms with E-state index in [1.54, 1.807) is 13.1 Å². The van der Waals surface area contributed by atoms with Crippen molar-refractivity contribution < 1.29 is 14.3 Å². The van der Waals surface area contributed by atoms with Gasteiger partial charge in [-0.3, -0.25) is 4.98 Å². The van der Waals surface area contributed by atoms with Crippen LogP contribution in [-0.2, 0) is 4.74 Å². The summed E-state index contributed by atoms with van der Waals surface area (Å²) in [7, 11) is 0. The molecule has 0 amide bonds. The molecule has 0 bridgehead atoms. The number of thiazole rings is 1. The molecule has 0 saturated heterocycles. The molecular weight excluding hydrogens is 264 g/mol. The lowest BCUT2D eigenvalue weighted by atomic mass is 10.4. The van der Waals surface area contributed by atoms with E-state index in [0.29, 0.717) is 34.7 Å². The summed E-state index contributed by atoms with van der Waals surface area (Å²) in [6, 6.07) is 5.53. The third kappa shape index (κ3) is 3.08. The molecule has 6 heteroatoms. The monoisotopic (exact) mass is 278 g/mol. The molecule has 100 valence electrons.